The van der Waals surface area contributed by atoms with Crippen molar-refractivity contribution in [1.29, 1.82) is 0 Å². The summed E-state index contributed by atoms with van der Waals surface area (Å²) in [6, 6.07) is 25.3. The fraction of sp³-hybridized carbons (Fsp3) is 0.500. The van der Waals surface area contributed by atoms with E-state index >= 15 is 0 Å². The second kappa shape index (κ2) is 15.5. The van der Waals surface area contributed by atoms with Gasteiger partial charge in [-0.2, -0.15) is 0 Å². The van der Waals surface area contributed by atoms with Crippen molar-refractivity contribution in [3.05, 3.63) is 89.5 Å². The van der Waals surface area contributed by atoms with Gasteiger partial charge in [-0.05, 0) is 92.5 Å². The normalized spacial score (nSPS) is 18.9. The Hall–Kier alpha value is -2.43. The molecule has 0 saturated carbocycles. The smallest absolute Gasteiger partial charge is 0.123 e. The Labute approximate surface area is 246 Å². The van der Waals surface area contributed by atoms with Crippen LogP contribution in [0.2, 0.25) is 0 Å². The third-order valence-corrected chi connectivity index (χ3v) is 9.80. The summed E-state index contributed by atoms with van der Waals surface area (Å²) < 4.78 is 6.14. The summed E-state index contributed by atoms with van der Waals surface area (Å²) >= 11 is 1.98. The van der Waals surface area contributed by atoms with Crippen molar-refractivity contribution in [2.45, 2.75) is 87.4 Å². The molecule has 1 saturated heterocycles. The highest BCUT2D eigenvalue weighted by molar-refractivity contribution is 7.99. The molecule has 2 heterocycles. The van der Waals surface area contributed by atoms with Crippen molar-refractivity contribution >= 4 is 11.8 Å². The predicted molar refractivity (Wildman–Crippen MR) is 169 cm³/mol. The van der Waals surface area contributed by atoms with E-state index in [-0.39, 0.29) is 11.8 Å². The maximum atomic E-state index is 10.3. The number of thioether (sulfide) groups is 1. The topological polar surface area (TPSA) is 32.7 Å². The Balaban J connectivity index is 1.03. The number of phenols is 1. The van der Waals surface area contributed by atoms with Crippen molar-refractivity contribution in [3.8, 4) is 11.5 Å². The van der Waals surface area contributed by atoms with Crippen LogP contribution in [-0.4, -0.2) is 42.0 Å². The van der Waals surface area contributed by atoms with E-state index < -0.39 is 0 Å². The van der Waals surface area contributed by atoms with E-state index in [0.717, 1.165) is 11.3 Å². The third-order valence-electron chi connectivity index (χ3n) is 8.70. The monoisotopic (exact) mass is 557 g/mol. The number of phenolic OH excluding ortho intramolecular Hbond substituents is 1. The highest BCUT2D eigenvalue weighted by Gasteiger charge is 2.33. The van der Waals surface area contributed by atoms with Crippen molar-refractivity contribution in [2.75, 3.05) is 32.0 Å². The van der Waals surface area contributed by atoms with Gasteiger partial charge in [0, 0.05) is 22.3 Å². The summed E-state index contributed by atoms with van der Waals surface area (Å²) in [6.45, 7) is 4.66. The van der Waals surface area contributed by atoms with Crippen LogP contribution in [0.15, 0.2) is 77.7 Å². The number of rotatable bonds is 15. The highest BCUT2D eigenvalue weighted by Crippen LogP contribution is 2.47. The molecule has 3 aromatic carbocycles. The molecule has 2 unspecified atom stereocenters. The molecule has 0 aromatic heterocycles. The molecular formula is C36H47NO2S. The van der Waals surface area contributed by atoms with Gasteiger partial charge >= 0.3 is 0 Å². The third kappa shape index (κ3) is 8.30. The molecule has 0 radical (unpaired) electrons. The first-order valence-corrected chi connectivity index (χ1v) is 16.7. The summed E-state index contributed by atoms with van der Waals surface area (Å²) in [4.78, 5) is 3.99. The maximum absolute atomic E-state index is 10.3. The summed E-state index contributed by atoms with van der Waals surface area (Å²) in [5.41, 5.74) is 3.63. The van der Waals surface area contributed by atoms with Crippen molar-refractivity contribution in [2.24, 2.45) is 0 Å². The van der Waals surface area contributed by atoms with Gasteiger partial charge in [-0.25, -0.2) is 0 Å². The summed E-state index contributed by atoms with van der Waals surface area (Å²) in [5, 5.41) is 10.3. The molecule has 0 amide bonds. The lowest BCUT2D eigenvalue weighted by Gasteiger charge is -2.34. The van der Waals surface area contributed by atoms with Crippen molar-refractivity contribution < 1.29 is 9.84 Å². The first kappa shape index (κ1) is 29.1. The molecule has 4 heteroatoms. The van der Waals surface area contributed by atoms with Crippen LogP contribution in [0, 0.1) is 0 Å². The summed E-state index contributed by atoms with van der Waals surface area (Å²) in [7, 11) is 0. The van der Waals surface area contributed by atoms with Crippen molar-refractivity contribution in [1.82, 2.24) is 4.90 Å². The van der Waals surface area contributed by atoms with Gasteiger partial charge in [0.1, 0.15) is 11.5 Å². The molecule has 2 aliphatic rings. The van der Waals surface area contributed by atoms with E-state index in [0.29, 0.717) is 12.4 Å². The Morgan fingerprint density at radius 3 is 2.12 bits per heavy atom. The number of likely N-dealkylation sites (tertiary alicyclic amines) is 1. The standard InChI is InChI=1S/C36H47NO2S/c38-31-19-22-35-33(27-31)36(34(28-39-35)29-15-9-8-10-16-29)30-17-20-32(21-18-30)40-26-14-7-5-3-1-2-4-6-11-23-37-24-12-13-25-37/h8-10,15-22,27,34,36,38H,1-7,11-14,23-26,28H2. The van der Waals surface area contributed by atoms with Gasteiger partial charge in [-0.3, -0.25) is 0 Å². The molecule has 5 rings (SSSR count). The van der Waals surface area contributed by atoms with E-state index in [2.05, 4.69) is 59.5 Å². The second-order valence-corrected chi connectivity index (χ2v) is 12.8. The summed E-state index contributed by atoms with van der Waals surface area (Å²) in [6.07, 6.45) is 15.3. The average molecular weight is 558 g/mol. The van der Waals surface area contributed by atoms with E-state index in [1.807, 2.05) is 23.9 Å². The lowest BCUT2D eigenvalue weighted by Crippen LogP contribution is -2.25. The Morgan fingerprint density at radius 2 is 1.40 bits per heavy atom. The van der Waals surface area contributed by atoms with Crippen LogP contribution in [0.4, 0.5) is 0 Å². The van der Waals surface area contributed by atoms with Crippen LogP contribution >= 0.6 is 11.8 Å². The zero-order valence-electron chi connectivity index (χ0n) is 24.1. The first-order chi connectivity index (χ1) is 19.8. The Bertz CT molecular complexity index is 1140. The molecule has 0 bridgehead atoms. The zero-order chi connectivity index (χ0) is 27.4. The van der Waals surface area contributed by atoms with Crippen LogP contribution in [0.5, 0.6) is 11.5 Å². The molecule has 3 aromatic rings. The maximum Gasteiger partial charge on any atom is 0.123 e. The van der Waals surface area contributed by atoms with Crippen LogP contribution in [0.3, 0.4) is 0 Å². The number of hydrogen-bond donors (Lipinski definition) is 1. The number of hydrogen-bond acceptors (Lipinski definition) is 4. The lowest BCUT2D eigenvalue weighted by molar-refractivity contribution is 0.248. The number of nitrogens with zero attached hydrogens (tertiary/aromatic N) is 1. The zero-order valence-corrected chi connectivity index (χ0v) is 24.9. The van der Waals surface area contributed by atoms with Crippen LogP contribution in [-0.2, 0) is 0 Å². The van der Waals surface area contributed by atoms with Crippen molar-refractivity contribution in [3.63, 3.8) is 0 Å². The van der Waals surface area contributed by atoms with Gasteiger partial charge in [-0.15, -0.1) is 11.8 Å². The second-order valence-electron chi connectivity index (χ2n) is 11.7. The van der Waals surface area contributed by atoms with Gasteiger partial charge < -0.3 is 14.7 Å². The molecule has 2 atom stereocenters. The lowest BCUT2D eigenvalue weighted by atomic mass is 9.76. The number of ether oxygens (including phenoxy) is 1. The fourth-order valence-electron chi connectivity index (χ4n) is 6.45. The van der Waals surface area contributed by atoms with Gasteiger partial charge in [0.2, 0.25) is 0 Å². The average Bonchev–Trinajstić information content (AvgIpc) is 3.51. The first-order valence-electron chi connectivity index (χ1n) is 15.7. The molecule has 2 aliphatic heterocycles. The number of unbranched alkanes of at least 4 members (excludes halogenated alkanes) is 8. The largest absolute Gasteiger partial charge is 0.508 e. The predicted octanol–water partition coefficient (Wildman–Crippen LogP) is 9.40. The Morgan fingerprint density at radius 1 is 0.725 bits per heavy atom. The summed E-state index contributed by atoms with van der Waals surface area (Å²) in [5.74, 6) is 2.73. The highest BCUT2D eigenvalue weighted by atomic mass is 32.2. The molecule has 1 fully saturated rings. The van der Waals surface area contributed by atoms with Gasteiger partial charge in [0.05, 0.1) is 6.61 Å². The molecular weight excluding hydrogens is 510 g/mol. The molecule has 0 spiro atoms. The van der Waals surface area contributed by atoms with E-state index in [9.17, 15) is 5.11 Å². The van der Waals surface area contributed by atoms with Gasteiger partial charge in [-0.1, -0.05) is 87.4 Å². The minimum atomic E-state index is 0.155. The molecule has 1 N–H and O–H groups in total. The molecule has 214 valence electrons. The quantitative estimate of drug-likeness (QED) is 0.149. The van der Waals surface area contributed by atoms with Gasteiger partial charge in [0.15, 0.2) is 0 Å². The van der Waals surface area contributed by atoms with Gasteiger partial charge in [0.25, 0.3) is 0 Å². The van der Waals surface area contributed by atoms with E-state index in [4.69, 9.17) is 4.74 Å². The number of benzene rings is 3. The Kier molecular flexibility index (Phi) is 11.3. The van der Waals surface area contributed by atoms with Crippen LogP contribution in [0.25, 0.3) is 0 Å². The minimum absolute atomic E-state index is 0.155. The SMILES string of the molecule is Oc1ccc2c(c1)C(c1ccc(SCCCCCCCCCCCN3CCCC3)cc1)C(c1ccccc1)CO2. The fourth-order valence-corrected chi connectivity index (χ4v) is 7.36. The van der Waals surface area contributed by atoms with Crippen LogP contribution in [0.1, 0.15) is 99.2 Å². The molecule has 40 heavy (non-hydrogen) atoms. The number of fused-ring (bicyclic) bond motifs is 1. The molecule has 0 aliphatic carbocycles. The van der Waals surface area contributed by atoms with E-state index in [1.54, 1.807) is 6.07 Å². The molecule has 3 nitrogen and oxygen atoms in total. The minimum Gasteiger partial charge on any atom is -0.508 e. The van der Waals surface area contributed by atoms with Crippen LogP contribution < -0.4 is 4.74 Å². The number of aromatic hydroxyl groups is 1. The van der Waals surface area contributed by atoms with E-state index in [1.165, 1.54) is 112 Å².